The number of sulfone groups is 1. The summed E-state index contributed by atoms with van der Waals surface area (Å²) in [5, 5.41) is 11.4. The third kappa shape index (κ3) is 3.44. The Morgan fingerprint density at radius 3 is 2.29 bits per heavy atom. The Kier molecular flexibility index (Phi) is 4.75. The van der Waals surface area contributed by atoms with Gasteiger partial charge in [-0.3, -0.25) is 0 Å². The van der Waals surface area contributed by atoms with E-state index in [1.165, 1.54) is 18.2 Å². The third-order valence-corrected chi connectivity index (χ3v) is 6.34. The van der Waals surface area contributed by atoms with Crippen LogP contribution in [0.5, 0.6) is 11.5 Å². The second-order valence-corrected chi connectivity index (χ2v) is 8.27. The molecule has 4 aromatic rings. The molecule has 0 aliphatic heterocycles. The summed E-state index contributed by atoms with van der Waals surface area (Å²) in [6.45, 7) is 0.197. The number of hydrogen-bond donors (Lipinski definition) is 1. The van der Waals surface area contributed by atoms with Crippen LogP contribution in [0.2, 0.25) is 0 Å². The monoisotopic (exact) mass is 390 g/mol. The van der Waals surface area contributed by atoms with E-state index in [1.807, 2.05) is 54.6 Å². The fraction of sp³-hybridized carbons (Fsp3) is 0.0435. The number of ether oxygens (including phenoxy) is 1. The molecule has 0 aromatic heterocycles. The molecular formula is C23H18O4S. The van der Waals surface area contributed by atoms with Crippen molar-refractivity contribution in [3.63, 3.8) is 0 Å². The molecule has 4 nitrogen and oxygen atoms in total. The van der Waals surface area contributed by atoms with E-state index < -0.39 is 9.84 Å². The Bertz CT molecular complexity index is 1230. The van der Waals surface area contributed by atoms with Gasteiger partial charge in [0, 0.05) is 11.5 Å². The maximum absolute atomic E-state index is 13.4. The van der Waals surface area contributed by atoms with Crippen LogP contribution in [-0.4, -0.2) is 13.5 Å². The fourth-order valence-corrected chi connectivity index (χ4v) is 4.72. The summed E-state index contributed by atoms with van der Waals surface area (Å²) in [4.78, 5) is 0.235. The minimum Gasteiger partial charge on any atom is -0.508 e. The first-order valence-corrected chi connectivity index (χ1v) is 10.3. The molecule has 0 saturated heterocycles. The fourth-order valence-electron chi connectivity index (χ4n) is 3.12. The lowest BCUT2D eigenvalue weighted by Crippen LogP contribution is -2.06. The molecule has 0 bridgehead atoms. The van der Waals surface area contributed by atoms with Gasteiger partial charge in [0.15, 0.2) is 0 Å². The minimum absolute atomic E-state index is 0.0255. The molecule has 5 heteroatoms. The van der Waals surface area contributed by atoms with Crippen molar-refractivity contribution < 1.29 is 18.3 Å². The Balaban J connectivity index is 1.79. The number of rotatable bonds is 5. The van der Waals surface area contributed by atoms with Gasteiger partial charge in [-0.05, 0) is 29.1 Å². The van der Waals surface area contributed by atoms with E-state index in [-0.39, 0.29) is 27.9 Å². The first kappa shape index (κ1) is 18.1. The average Bonchev–Trinajstić information content (AvgIpc) is 2.72. The second kappa shape index (κ2) is 7.37. The van der Waals surface area contributed by atoms with Gasteiger partial charge in [-0.1, -0.05) is 66.7 Å². The first-order chi connectivity index (χ1) is 13.6. The summed E-state index contributed by atoms with van der Waals surface area (Å²) in [7, 11) is -3.85. The minimum atomic E-state index is -3.85. The first-order valence-electron chi connectivity index (χ1n) is 8.78. The summed E-state index contributed by atoms with van der Waals surface area (Å²) in [6.07, 6.45) is 0. The van der Waals surface area contributed by atoms with Crippen molar-refractivity contribution in [2.45, 2.75) is 16.4 Å². The van der Waals surface area contributed by atoms with Crippen LogP contribution < -0.4 is 4.74 Å². The van der Waals surface area contributed by atoms with Crippen LogP contribution in [0.3, 0.4) is 0 Å². The van der Waals surface area contributed by atoms with E-state index in [0.717, 1.165) is 10.9 Å². The van der Waals surface area contributed by atoms with Crippen LogP contribution in [-0.2, 0) is 16.4 Å². The van der Waals surface area contributed by atoms with Crippen LogP contribution in [0.15, 0.2) is 101 Å². The molecular weight excluding hydrogens is 372 g/mol. The number of benzene rings is 4. The maximum Gasteiger partial charge on any atom is 0.210 e. The molecule has 0 aliphatic rings. The van der Waals surface area contributed by atoms with Gasteiger partial charge in [-0.25, -0.2) is 8.42 Å². The van der Waals surface area contributed by atoms with Crippen molar-refractivity contribution in [2.75, 3.05) is 0 Å². The largest absolute Gasteiger partial charge is 0.508 e. The van der Waals surface area contributed by atoms with E-state index in [2.05, 4.69) is 0 Å². The standard InChI is InChI=1S/C23H18O4S/c24-19-13-14-23(21(15-19)27-16-17-7-2-1-3-8-17)28(25,26)22-12-6-10-18-9-4-5-11-20(18)22/h1-15,24H,16H2. The molecule has 140 valence electrons. The quantitative estimate of drug-likeness (QED) is 0.523. The van der Waals surface area contributed by atoms with Crippen molar-refractivity contribution in [1.82, 2.24) is 0 Å². The van der Waals surface area contributed by atoms with E-state index in [1.54, 1.807) is 18.2 Å². The zero-order valence-electron chi connectivity index (χ0n) is 14.9. The van der Waals surface area contributed by atoms with Crippen LogP contribution in [0, 0.1) is 0 Å². The molecule has 28 heavy (non-hydrogen) atoms. The highest BCUT2D eigenvalue weighted by molar-refractivity contribution is 7.91. The topological polar surface area (TPSA) is 63.6 Å². The smallest absolute Gasteiger partial charge is 0.210 e. The van der Waals surface area contributed by atoms with Crippen LogP contribution in [0.4, 0.5) is 0 Å². The lowest BCUT2D eigenvalue weighted by atomic mass is 10.1. The van der Waals surface area contributed by atoms with Crippen molar-refractivity contribution in [3.05, 3.63) is 96.6 Å². The Morgan fingerprint density at radius 1 is 0.750 bits per heavy atom. The molecule has 0 spiro atoms. The number of fused-ring (bicyclic) bond motifs is 1. The molecule has 0 heterocycles. The number of phenolic OH excluding ortho intramolecular Hbond substituents is 1. The van der Waals surface area contributed by atoms with Crippen LogP contribution in [0.1, 0.15) is 5.56 Å². The number of aromatic hydroxyl groups is 1. The van der Waals surface area contributed by atoms with Crippen molar-refractivity contribution >= 4 is 20.6 Å². The maximum atomic E-state index is 13.4. The Labute approximate surface area is 163 Å². The molecule has 0 radical (unpaired) electrons. The van der Waals surface area contributed by atoms with E-state index in [4.69, 9.17) is 4.74 Å². The zero-order valence-corrected chi connectivity index (χ0v) is 15.8. The number of hydrogen-bond acceptors (Lipinski definition) is 4. The molecule has 4 rings (SSSR count). The van der Waals surface area contributed by atoms with Crippen molar-refractivity contribution in [3.8, 4) is 11.5 Å². The van der Waals surface area contributed by atoms with Gasteiger partial charge in [-0.2, -0.15) is 0 Å². The van der Waals surface area contributed by atoms with Gasteiger partial charge < -0.3 is 9.84 Å². The lowest BCUT2D eigenvalue weighted by molar-refractivity contribution is 0.296. The molecule has 4 aromatic carbocycles. The summed E-state index contributed by atoms with van der Waals surface area (Å²) in [6, 6.07) is 26.0. The lowest BCUT2D eigenvalue weighted by Gasteiger charge is -2.14. The predicted molar refractivity (Wildman–Crippen MR) is 108 cm³/mol. The van der Waals surface area contributed by atoms with Gasteiger partial charge in [0.05, 0.1) is 4.90 Å². The van der Waals surface area contributed by atoms with Crippen molar-refractivity contribution in [1.29, 1.82) is 0 Å². The van der Waals surface area contributed by atoms with Crippen molar-refractivity contribution in [2.24, 2.45) is 0 Å². The zero-order chi connectivity index (χ0) is 19.6. The molecule has 0 unspecified atom stereocenters. The van der Waals surface area contributed by atoms with Crippen LogP contribution in [0.25, 0.3) is 10.8 Å². The SMILES string of the molecule is O=S(=O)(c1ccc(O)cc1OCc1ccccc1)c1cccc2ccccc12. The Hall–Kier alpha value is -3.31. The molecule has 0 amide bonds. The van der Waals surface area contributed by atoms with E-state index in [0.29, 0.717) is 5.39 Å². The van der Waals surface area contributed by atoms with Crippen LogP contribution >= 0.6 is 0 Å². The highest BCUT2D eigenvalue weighted by Crippen LogP contribution is 2.35. The van der Waals surface area contributed by atoms with Gasteiger partial charge in [-0.15, -0.1) is 0 Å². The average molecular weight is 390 g/mol. The van der Waals surface area contributed by atoms with Gasteiger partial charge in [0.2, 0.25) is 9.84 Å². The Morgan fingerprint density at radius 2 is 1.46 bits per heavy atom. The molecule has 1 N–H and O–H groups in total. The highest BCUT2D eigenvalue weighted by Gasteiger charge is 2.24. The molecule has 0 aliphatic carbocycles. The van der Waals surface area contributed by atoms with Gasteiger partial charge in [0.25, 0.3) is 0 Å². The normalized spacial score (nSPS) is 11.4. The third-order valence-electron chi connectivity index (χ3n) is 4.49. The van der Waals surface area contributed by atoms with Gasteiger partial charge >= 0.3 is 0 Å². The van der Waals surface area contributed by atoms with Gasteiger partial charge in [0.1, 0.15) is 23.0 Å². The summed E-state index contributed by atoms with van der Waals surface area (Å²) >= 11 is 0. The second-order valence-electron chi connectivity index (χ2n) is 6.39. The van der Waals surface area contributed by atoms with E-state index in [9.17, 15) is 13.5 Å². The molecule has 0 saturated carbocycles. The molecule has 0 fully saturated rings. The molecule has 0 atom stereocenters. The highest BCUT2D eigenvalue weighted by atomic mass is 32.2. The summed E-state index contributed by atoms with van der Waals surface area (Å²) in [5.41, 5.74) is 0.902. The summed E-state index contributed by atoms with van der Waals surface area (Å²) < 4.78 is 32.6. The summed E-state index contributed by atoms with van der Waals surface area (Å²) in [5.74, 6) is 0.0664. The van der Waals surface area contributed by atoms with E-state index >= 15 is 0 Å². The predicted octanol–water partition coefficient (Wildman–Crippen LogP) is 4.96. The number of phenols is 1.